The molecule has 2 fully saturated rings. The Morgan fingerprint density at radius 1 is 0.850 bits per heavy atom. The monoisotopic (exact) mass is 533 g/mol. The highest BCUT2D eigenvalue weighted by Crippen LogP contribution is 2.67. The second-order valence-electron chi connectivity index (χ2n) is 15.1. The first-order chi connectivity index (χ1) is 18.8. The maximum Gasteiger partial charge on any atom is 0.468 e. The highest BCUT2D eigenvalue weighted by atomic mass is 16.7. The molecule has 6 unspecified atom stereocenters. The lowest BCUT2D eigenvalue weighted by Crippen LogP contribution is -2.45. The fraction of sp³-hybridized carbons (Fsp3) is 0.500. The minimum Gasteiger partial charge on any atom is -0.403 e. The summed E-state index contributed by atoms with van der Waals surface area (Å²) < 4.78 is 13.1. The number of fused-ring (bicyclic) bond motifs is 6. The van der Waals surface area contributed by atoms with E-state index < -0.39 is 0 Å². The van der Waals surface area contributed by atoms with Crippen LogP contribution in [0, 0.1) is 22.7 Å². The Morgan fingerprint density at radius 2 is 1.57 bits per heavy atom. The lowest BCUT2D eigenvalue weighted by molar-refractivity contribution is 0.00578. The van der Waals surface area contributed by atoms with Gasteiger partial charge in [-0.1, -0.05) is 107 Å². The molecule has 2 aromatic rings. The minimum absolute atomic E-state index is 0.0476. The molecule has 3 nitrogen and oxygen atoms in total. The normalized spacial score (nSPS) is 38.0. The fourth-order valence-corrected chi connectivity index (χ4v) is 8.71. The molecule has 1 saturated heterocycles. The second kappa shape index (κ2) is 8.26. The van der Waals surface area contributed by atoms with Gasteiger partial charge in [-0.2, -0.15) is 0 Å². The largest absolute Gasteiger partial charge is 0.468 e. The van der Waals surface area contributed by atoms with E-state index in [1.165, 1.54) is 27.6 Å². The van der Waals surface area contributed by atoms with E-state index in [-0.39, 0.29) is 34.5 Å². The third-order valence-electron chi connectivity index (χ3n) is 11.8. The van der Waals surface area contributed by atoms with Crippen molar-refractivity contribution < 1.29 is 9.31 Å². The molecule has 0 amide bonds. The highest BCUT2D eigenvalue weighted by Gasteiger charge is 2.64. The number of anilines is 1. The van der Waals surface area contributed by atoms with E-state index in [1.54, 1.807) is 0 Å². The zero-order valence-electron chi connectivity index (χ0n) is 25.4. The Labute approximate surface area is 240 Å². The highest BCUT2D eigenvalue weighted by molar-refractivity contribution is 6.50. The molecule has 1 saturated carbocycles. The molecule has 1 N–H and O–H groups in total. The van der Waals surface area contributed by atoms with Gasteiger partial charge in [0.1, 0.15) is 0 Å². The molecular formula is C36H44BNO2. The minimum atomic E-state index is -0.332. The van der Waals surface area contributed by atoms with Crippen molar-refractivity contribution in [3.8, 4) is 0 Å². The van der Waals surface area contributed by atoms with Gasteiger partial charge in [0, 0.05) is 33.8 Å². The summed E-state index contributed by atoms with van der Waals surface area (Å²) in [5.41, 5.74) is 3.68. The predicted octanol–water partition coefficient (Wildman–Crippen LogP) is 8.86. The Kier molecular flexibility index (Phi) is 5.44. The van der Waals surface area contributed by atoms with Gasteiger partial charge in [-0.25, -0.2) is 0 Å². The Balaban J connectivity index is 1.34. The standard InChI is InChI=1S/C36H44BNO2/c1-32(2)27-15-11-12-20-36(27,8)31-29(32)28(26-17-16-23-13-9-10-14-25(23)30(26)38-31)24-18-21-35(7,22-19-24)37-39-33(3,4)34(5,6)40-37/h9-21,27-29,31,38H,22H2,1-8H3. The predicted molar refractivity (Wildman–Crippen MR) is 168 cm³/mol. The van der Waals surface area contributed by atoms with Crippen molar-refractivity contribution >= 4 is 23.6 Å². The number of hydrogen-bond acceptors (Lipinski definition) is 3. The van der Waals surface area contributed by atoms with Gasteiger partial charge in [-0.15, -0.1) is 0 Å². The van der Waals surface area contributed by atoms with Crippen molar-refractivity contribution in [1.29, 1.82) is 0 Å². The molecule has 4 heteroatoms. The lowest BCUT2D eigenvalue weighted by atomic mass is 9.54. The van der Waals surface area contributed by atoms with E-state index >= 15 is 0 Å². The molecule has 3 aliphatic carbocycles. The van der Waals surface area contributed by atoms with Crippen LogP contribution < -0.4 is 5.32 Å². The van der Waals surface area contributed by atoms with Crippen LogP contribution in [0.4, 0.5) is 5.69 Å². The van der Waals surface area contributed by atoms with Crippen molar-refractivity contribution in [2.75, 3.05) is 5.32 Å². The molecule has 208 valence electrons. The van der Waals surface area contributed by atoms with Gasteiger partial charge in [0.15, 0.2) is 0 Å². The smallest absolute Gasteiger partial charge is 0.403 e. The Bertz CT molecular complexity index is 1500. The summed E-state index contributed by atoms with van der Waals surface area (Å²) >= 11 is 0. The summed E-state index contributed by atoms with van der Waals surface area (Å²) in [6.45, 7) is 18.4. The SMILES string of the molecule is CC1(B2OC(C)(C)C(C)(C)O2)C=CC(C2c3ccc4ccccc4c3NC3C2C(C)(C)C2C=CC=CC32C)=CC1. The summed E-state index contributed by atoms with van der Waals surface area (Å²) in [7, 11) is -0.261. The number of rotatable bonds is 2. The summed E-state index contributed by atoms with van der Waals surface area (Å²) in [5, 5.41) is 6.59. The van der Waals surface area contributed by atoms with Crippen LogP contribution in [0.15, 0.2) is 84.5 Å². The molecule has 2 heterocycles. The van der Waals surface area contributed by atoms with Gasteiger partial charge in [-0.3, -0.25) is 0 Å². The van der Waals surface area contributed by atoms with Gasteiger partial charge in [0.2, 0.25) is 0 Å². The quantitative estimate of drug-likeness (QED) is 0.391. The number of allylic oxidation sites excluding steroid dienone is 7. The third kappa shape index (κ3) is 3.45. The molecule has 40 heavy (non-hydrogen) atoms. The molecule has 2 aliphatic heterocycles. The van der Waals surface area contributed by atoms with Crippen molar-refractivity contribution in [2.24, 2.45) is 22.7 Å². The topological polar surface area (TPSA) is 30.5 Å². The van der Waals surface area contributed by atoms with Gasteiger partial charge < -0.3 is 14.6 Å². The second-order valence-corrected chi connectivity index (χ2v) is 15.1. The van der Waals surface area contributed by atoms with Gasteiger partial charge >= 0.3 is 7.12 Å². The molecule has 0 aromatic heterocycles. The summed E-state index contributed by atoms with van der Waals surface area (Å²) in [6.07, 6.45) is 17.7. The van der Waals surface area contributed by atoms with E-state index in [2.05, 4.69) is 140 Å². The van der Waals surface area contributed by atoms with Gasteiger partial charge in [0.05, 0.1) is 11.2 Å². The Hall–Kier alpha value is -2.56. The zero-order chi connectivity index (χ0) is 28.3. The van der Waals surface area contributed by atoms with Crippen molar-refractivity contribution in [3.05, 3.63) is 90.1 Å². The third-order valence-corrected chi connectivity index (χ3v) is 11.8. The van der Waals surface area contributed by atoms with E-state index in [0.717, 1.165) is 6.42 Å². The average Bonchev–Trinajstić information content (AvgIpc) is 3.25. The molecule has 2 aromatic carbocycles. The van der Waals surface area contributed by atoms with Crippen LogP contribution in [0.25, 0.3) is 10.8 Å². The van der Waals surface area contributed by atoms with Crippen LogP contribution in [0.2, 0.25) is 5.31 Å². The first-order valence-corrected chi connectivity index (χ1v) is 15.2. The molecular weight excluding hydrogens is 489 g/mol. The van der Waals surface area contributed by atoms with E-state index in [1.807, 2.05) is 0 Å². The lowest BCUT2D eigenvalue weighted by Gasteiger charge is -2.46. The van der Waals surface area contributed by atoms with Crippen LogP contribution in [-0.4, -0.2) is 24.4 Å². The van der Waals surface area contributed by atoms with Crippen LogP contribution in [0.5, 0.6) is 0 Å². The zero-order valence-corrected chi connectivity index (χ0v) is 25.4. The fourth-order valence-electron chi connectivity index (χ4n) is 8.71. The van der Waals surface area contributed by atoms with Crippen molar-refractivity contribution in [2.45, 2.75) is 90.3 Å². The maximum absolute atomic E-state index is 6.54. The summed E-state index contributed by atoms with van der Waals surface area (Å²) in [5.74, 6) is 1.23. The van der Waals surface area contributed by atoms with Crippen LogP contribution >= 0.6 is 0 Å². The molecule has 0 radical (unpaired) electrons. The average molecular weight is 534 g/mol. The number of benzene rings is 2. The molecule has 7 rings (SSSR count). The van der Waals surface area contributed by atoms with Crippen LogP contribution in [0.3, 0.4) is 0 Å². The van der Waals surface area contributed by atoms with Crippen molar-refractivity contribution in [1.82, 2.24) is 0 Å². The molecule has 0 spiro atoms. The van der Waals surface area contributed by atoms with E-state index in [9.17, 15) is 0 Å². The summed E-state index contributed by atoms with van der Waals surface area (Å²) in [4.78, 5) is 0. The molecule has 0 bridgehead atoms. The van der Waals surface area contributed by atoms with Crippen molar-refractivity contribution in [3.63, 3.8) is 0 Å². The molecule has 6 atom stereocenters. The van der Waals surface area contributed by atoms with Gasteiger partial charge in [0.25, 0.3) is 0 Å². The van der Waals surface area contributed by atoms with Gasteiger partial charge in [-0.05, 0) is 67.9 Å². The Morgan fingerprint density at radius 3 is 2.27 bits per heavy atom. The first kappa shape index (κ1) is 26.4. The van der Waals surface area contributed by atoms with E-state index in [0.29, 0.717) is 23.8 Å². The number of hydrogen-bond donors (Lipinski definition) is 1. The summed E-state index contributed by atoms with van der Waals surface area (Å²) in [6, 6.07) is 13.9. The molecule has 5 aliphatic rings. The van der Waals surface area contributed by atoms with Crippen LogP contribution in [-0.2, 0) is 9.31 Å². The number of nitrogens with one attached hydrogen (secondary N) is 1. The maximum atomic E-state index is 6.54. The van der Waals surface area contributed by atoms with Crippen LogP contribution in [0.1, 0.15) is 73.3 Å². The van der Waals surface area contributed by atoms with E-state index in [4.69, 9.17) is 9.31 Å². The first-order valence-electron chi connectivity index (χ1n) is 15.2.